The van der Waals surface area contributed by atoms with Gasteiger partial charge in [0.1, 0.15) is 5.82 Å². The van der Waals surface area contributed by atoms with Gasteiger partial charge in [0.05, 0.1) is 9.92 Å². The minimum atomic E-state index is -3.84. The number of thiophene rings is 1. The van der Waals surface area contributed by atoms with Crippen molar-refractivity contribution in [3.8, 4) is 0 Å². The third-order valence-corrected chi connectivity index (χ3v) is 8.17. The molecule has 0 aliphatic carbocycles. The summed E-state index contributed by atoms with van der Waals surface area (Å²) in [6.45, 7) is 3.29. The first kappa shape index (κ1) is 20.7. The summed E-state index contributed by atoms with van der Waals surface area (Å²) < 4.78 is 40.1. The highest BCUT2D eigenvalue weighted by Crippen LogP contribution is 2.27. The highest BCUT2D eigenvalue weighted by atomic mass is 35.5. The Kier molecular flexibility index (Phi) is 5.94. The lowest BCUT2D eigenvalue weighted by Gasteiger charge is -2.46. The van der Waals surface area contributed by atoms with Crippen LogP contribution >= 0.6 is 22.9 Å². The van der Waals surface area contributed by atoms with Gasteiger partial charge >= 0.3 is 0 Å². The number of benzene rings is 1. The van der Waals surface area contributed by atoms with Gasteiger partial charge in [0.25, 0.3) is 0 Å². The average molecular weight is 458 g/mol. The summed E-state index contributed by atoms with van der Waals surface area (Å²) in [4.78, 5) is 17.8. The molecule has 0 unspecified atom stereocenters. The van der Waals surface area contributed by atoms with Gasteiger partial charge in [-0.3, -0.25) is 9.69 Å². The van der Waals surface area contributed by atoms with Crippen LogP contribution in [0.2, 0.25) is 5.02 Å². The van der Waals surface area contributed by atoms with Crippen LogP contribution in [0.3, 0.4) is 0 Å². The summed E-state index contributed by atoms with van der Waals surface area (Å²) >= 11 is 7.45. The van der Waals surface area contributed by atoms with Crippen LogP contribution in [0.25, 0.3) is 0 Å². The molecule has 10 heteroatoms. The standard InChI is InChI=1S/C19H21ClFN3O3S2/c20-16-9-15(1-2-17(16)21)29(26,27)22-6-3-19(25)24-11-14(12-24)23-7-4-18-13(10-23)5-8-28-18/h1-2,5,8-9,14,22H,3-4,6-7,10-12H2. The number of amides is 1. The van der Waals surface area contributed by atoms with Crippen molar-refractivity contribution in [2.75, 3.05) is 26.2 Å². The molecule has 0 spiro atoms. The second-order valence-corrected chi connectivity index (χ2v) is 10.4. The molecule has 1 fully saturated rings. The zero-order valence-electron chi connectivity index (χ0n) is 15.6. The van der Waals surface area contributed by atoms with Crippen LogP contribution in [0.15, 0.2) is 34.5 Å². The van der Waals surface area contributed by atoms with Crippen LogP contribution in [0.1, 0.15) is 16.9 Å². The molecule has 1 N–H and O–H groups in total. The molecular formula is C19H21ClFN3O3S2. The van der Waals surface area contributed by atoms with Crippen molar-refractivity contribution in [2.45, 2.75) is 30.3 Å². The molecule has 0 bridgehead atoms. The van der Waals surface area contributed by atoms with E-state index in [9.17, 15) is 17.6 Å². The molecule has 4 rings (SSSR count). The van der Waals surface area contributed by atoms with Gasteiger partial charge in [-0.05, 0) is 41.6 Å². The van der Waals surface area contributed by atoms with Gasteiger partial charge in [0.2, 0.25) is 15.9 Å². The predicted molar refractivity (Wildman–Crippen MR) is 110 cm³/mol. The molecule has 156 valence electrons. The van der Waals surface area contributed by atoms with E-state index in [-0.39, 0.29) is 28.8 Å². The fourth-order valence-corrected chi connectivity index (χ4v) is 5.84. The lowest BCUT2D eigenvalue weighted by atomic mass is 10.0. The van der Waals surface area contributed by atoms with Crippen molar-refractivity contribution in [3.05, 3.63) is 50.9 Å². The van der Waals surface area contributed by atoms with Crippen LogP contribution in [0.5, 0.6) is 0 Å². The lowest BCUT2D eigenvalue weighted by molar-refractivity contribution is -0.138. The van der Waals surface area contributed by atoms with E-state index in [1.54, 1.807) is 4.90 Å². The molecule has 1 aromatic carbocycles. The fraction of sp³-hybridized carbons (Fsp3) is 0.421. The van der Waals surface area contributed by atoms with Crippen molar-refractivity contribution < 1.29 is 17.6 Å². The number of rotatable bonds is 6. The number of carbonyl (C=O) groups is 1. The second-order valence-electron chi connectivity index (χ2n) is 7.27. The Morgan fingerprint density at radius 3 is 2.86 bits per heavy atom. The first-order valence-electron chi connectivity index (χ1n) is 9.35. The third-order valence-electron chi connectivity index (χ3n) is 5.40. The first-order chi connectivity index (χ1) is 13.8. The number of carbonyl (C=O) groups excluding carboxylic acids is 1. The molecule has 0 saturated carbocycles. The molecule has 1 saturated heterocycles. The molecule has 0 radical (unpaired) electrons. The van der Waals surface area contributed by atoms with E-state index in [0.29, 0.717) is 19.1 Å². The summed E-state index contributed by atoms with van der Waals surface area (Å²) in [5.41, 5.74) is 1.39. The topological polar surface area (TPSA) is 69.7 Å². The maximum Gasteiger partial charge on any atom is 0.240 e. The maximum absolute atomic E-state index is 13.2. The van der Waals surface area contributed by atoms with Crippen molar-refractivity contribution in [3.63, 3.8) is 0 Å². The number of hydrogen-bond acceptors (Lipinski definition) is 5. The van der Waals surface area contributed by atoms with Crippen molar-refractivity contribution in [1.82, 2.24) is 14.5 Å². The van der Waals surface area contributed by atoms with Crippen LogP contribution in [-0.4, -0.2) is 56.3 Å². The molecular weight excluding hydrogens is 437 g/mol. The zero-order valence-corrected chi connectivity index (χ0v) is 18.0. The van der Waals surface area contributed by atoms with Crippen LogP contribution in [0.4, 0.5) is 4.39 Å². The minimum Gasteiger partial charge on any atom is -0.339 e. The first-order valence-corrected chi connectivity index (χ1v) is 12.1. The maximum atomic E-state index is 13.2. The highest BCUT2D eigenvalue weighted by molar-refractivity contribution is 7.89. The number of hydrogen-bond donors (Lipinski definition) is 1. The van der Waals surface area contributed by atoms with Gasteiger partial charge < -0.3 is 4.90 Å². The third kappa shape index (κ3) is 4.49. The van der Waals surface area contributed by atoms with E-state index in [4.69, 9.17) is 11.6 Å². The Labute approximate surface area is 178 Å². The van der Waals surface area contributed by atoms with Gasteiger partial charge in [-0.15, -0.1) is 11.3 Å². The van der Waals surface area contributed by atoms with E-state index < -0.39 is 15.8 Å². The van der Waals surface area contributed by atoms with E-state index in [0.717, 1.165) is 37.7 Å². The molecule has 1 aromatic heterocycles. The number of halogens is 2. The van der Waals surface area contributed by atoms with E-state index in [2.05, 4.69) is 21.1 Å². The Bertz CT molecular complexity index is 1020. The molecule has 0 atom stereocenters. The molecule has 2 aliphatic rings. The van der Waals surface area contributed by atoms with Crippen LogP contribution < -0.4 is 4.72 Å². The Morgan fingerprint density at radius 1 is 1.31 bits per heavy atom. The van der Waals surface area contributed by atoms with Crippen molar-refractivity contribution >= 4 is 38.9 Å². The largest absolute Gasteiger partial charge is 0.339 e. The number of fused-ring (bicyclic) bond motifs is 1. The SMILES string of the molecule is O=C(CCNS(=O)(=O)c1ccc(F)c(Cl)c1)N1CC(N2CCc3sccc3C2)C1. The lowest BCUT2D eigenvalue weighted by Crippen LogP contribution is -2.61. The minimum absolute atomic E-state index is 0.0146. The number of sulfonamides is 1. The summed E-state index contributed by atoms with van der Waals surface area (Å²) in [6.07, 6.45) is 1.14. The fourth-order valence-electron chi connectivity index (χ4n) is 3.65. The average Bonchev–Trinajstić information content (AvgIpc) is 3.10. The highest BCUT2D eigenvalue weighted by Gasteiger charge is 2.35. The monoisotopic (exact) mass is 457 g/mol. The van der Waals surface area contributed by atoms with Gasteiger partial charge in [-0.1, -0.05) is 11.6 Å². The Balaban J connectivity index is 1.22. The molecule has 6 nitrogen and oxygen atoms in total. The van der Waals surface area contributed by atoms with Crippen molar-refractivity contribution in [1.29, 1.82) is 0 Å². The number of nitrogens with one attached hydrogen (secondary N) is 1. The molecule has 3 heterocycles. The Hall–Kier alpha value is -1.52. The quantitative estimate of drug-likeness (QED) is 0.723. The van der Waals surface area contributed by atoms with E-state index in [1.807, 2.05) is 11.3 Å². The van der Waals surface area contributed by atoms with Crippen molar-refractivity contribution in [2.24, 2.45) is 0 Å². The predicted octanol–water partition coefficient (Wildman–Crippen LogP) is 2.48. The summed E-state index contributed by atoms with van der Waals surface area (Å²) in [6, 6.07) is 5.74. The van der Waals surface area contributed by atoms with Gasteiger partial charge in [-0.25, -0.2) is 17.5 Å². The summed E-state index contributed by atoms with van der Waals surface area (Å²) in [5, 5.41) is 1.87. The molecule has 29 heavy (non-hydrogen) atoms. The van der Waals surface area contributed by atoms with Gasteiger partial charge in [0, 0.05) is 50.1 Å². The normalized spacial score (nSPS) is 17.8. The Morgan fingerprint density at radius 2 is 2.10 bits per heavy atom. The van der Waals surface area contributed by atoms with Gasteiger partial charge in [-0.2, -0.15) is 0 Å². The second kappa shape index (κ2) is 8.31. The summed E-state index contributed by atoms with van der Waals surface area (Å²) in [5.74, 6) is -0.758. The smallest absolute Gasteiger partial charge is 0.240 e. The number of likely N-dealkylation sites (tertiary alicyclic amines) is 1. The zero-order chi connectivity index (χ0) is 20.6. The molecule has 1 amide bonds. The van der Waals surface area contributed by atoms with Gasteiger partial charge in [0.15, 0.2) is 0 Å². The molecule has 2 aliphatic heterocycles. The van der Waals surface area contributed by atoms with Crippen LogP contribution in [0, 0.1) is 5.82 Å². The summed E-state index contributed by atoms with van der Waals surface area (Å²) in [7, 11) is -3.84. The van der Waals surface area contributed by atoms with E-state index >= 15 is 0 Å². The number of nitrogens with zero attached hydrogens (tertiary/aromatic N) is 2. The van der Waals surface area contributed by atoms with Crippen LogP contribution in [-0.2, 0) is 27.8 Å². The molecule has 2 aromatic rings. The van der Waals surface area contributed by atoms with E-state index in [1.165, 1.54) is 10.4 Å².